The number of hydrogen-bond acceptors (Lipinski definition) is 1. The summed E-state index contributed by atoms with van der Waals surface area (Å²) in [6, 6.07) is 7.93. The molecule has 1 unspecified atom stereocenters. The van der Waals surface area contributed by atoms with Crippen molar-refractivity contribution in [3.63, 3.8) is 0 Å². The summed E-state index contributed by atoms with van der Waals surface area (Å²) in [6.07, 6.45) is 0. The fraction of sp³-hybridized carbons (Fsp3) is 0.333. The van der Waals surface area contributed by atoms with E-state index in [-0.39, 0.29) is 0 Å². The molecule has 1 aromatic carbocycles. The summed E-state index contributed by atoms with van der Waals surface area (Å²) in [7, 11) is -0.902. The molecule has 2 rings (SSSR count). The van der Waals surface area contributed by atoms with Gasteiger partial charge in [-0.15, -0.1) is 0 Å². The summed E-state index contributed by atoms with van der Waals surface area (Å²) in [4.78, 5) is 0.986. The Morgan fingerprint density at radius 3 is 2.92 bits per heavy atom. The van der Waals surface area contributed by atoms with Crippen LogP contribution in [0, 0.1) is 0 Å². The predicted molar refractivity (Wildman–Crippen MR) is 48.9 cm³/mol. The van der Waals surface area contributed by atoms with E-state index in [1.807, 2.05) is 35.5 Å². The average Bonchev–Trinajstić information content (AvgIpc) is 2.44. The highest BCUT2D eigenvalue weighted by Gasteiger charge is 2.24. The molecule has 1 aliphatic rings. The Bertz CT molecular complexity index is 324. The van der Waals surface area contributed by atoms with Gasteiger partial charge in [0.25, 0.3) is 0 Å². The van der Waals surface area contributed by atoms with Crippen LogP contribution in [-0.2, 0) is 17.5 Å². The number of rotatable bonds is 1. The number of nitrogens with zero attached hydrogens (tertiary/aromatic N) is 1. The molecule has 1 heterocycles. The lowest BCUT2D eigenvalue weighted by atomic mass is 10.2. The van der Waals surface area contributed by atoms with Crippen molar-refractivity contribution in [2.24, 2.45) is 0 Å². The lowest BCUT2D eigenvalue weighted by Crippen LogP contribution is -2.18. The van der Waals surface area contributed by atoms with Crippen molar-refractivity contribution in [3.8, 4) is 0 Å². The molecule has 0 aromatic heterocycles. The van der Waals surface area contributed by atoms with Crippen LogP contribution in [-0.4, -0.2) is 15.1 Å². The molecule has 1 atom stereocenters. The molecule has 3 heteroatoms. The minimum Gasteiger partial charge on any atom is -0.237 e. The first-order chi connectivity index (χ1) is 5.83. The topological polar surface area (TPSA) is 20.3 Å². The van der Waals surface area contributed by atoms with Gasteiger partial charge in [0.2, 0.25) is 0 Å². The van der Waals surface area contributed by atoms with Crippen LogP contribution in [0.2, 0.25) is 0 Å². The summed E-state index contributed by atoms with van der Waals surface area (Å²) in [6.45, 7) is 3.71. The summed E-state index contributed by atoms with van der Waals surface area (Å²) < 4.78 is 13.6. The van der Waals surface area contributed by atoms with E-state index in [2.05, 4.69) is 0 Å². The van der Waals surface area contributed by atoms with E-state index < -0.39 is 11.0 Å². The lowest BCUT2D eigenvalue weighted by Gasteiger charge is -2.08. The van der Waals surface area contributed by atoms with Gasteiger partial charge in [0.15, 0.2) is 0 Å². The maximum absolute atomic E-state index is 11.7. The minimum atomic E-state index is -0.902. The number of hydrogen-bond donors (Lipinski definition) is 0. The van der Waals surface area contributed by atoms with Crippen molar-refractivity contribution in [2.75, 3.05) is 6.54 Å². The zero-order valence-electron chi connectivity index (χ0n) is 6.99. The lowest BCUT2D eigenvalue weighted by molar-refractivity contribution is 0.480. The largest absolute Gasteiger partial charge is 0.237 e. The average molecular weight is 181 g/mol. The molecule has 0 bridgehead atoms. The molecule has 0 aliphatic carbocycles. The van der Waals surface area contributed by atoms with Crippen molar-refractivity contribution in [1.29, 1.82) is 0 Å². The standard InChI is InChI=1S/C9H11NOS/c1-2-10-7-8-5-3-4-6-9(8)12(10)11/h3-6H,2,7H2,1H3. The second-order valence-corrected chi connectivity index (χ2v) is 4.27. The summed E-state index contributed by atoms with van der Waals surface area (Å²) in [5, 5.41) is 0. The number of benzene rings is 1. The molecule has 1 aromatic rings. The van der Waals surface area contributed by atoms with Gasteiger partial charge in [-0.1, -0.05) is 25.1 Å². The molecular formula is C9H11NOS. The van der Waals surface area contributed by atoms with Crippen LogP contribution in [0.1, 0.15) is 12.5 Å². The molecule has 0 amide bonds. The Kier molecular flexibility index (Phi) is 1.98. The van der Waals surface area contributed by atoms with Crippen LogP contribution >= 0.6 is 0 Å². The zero-order chi connectivity index (χ0) is 8.55. The molecule has 0 saturated heterocycles. The molecule has 0 N–H and O–H groups in total. The van der Waals surface area contributed by atoms with E-state index in [4.69, 9.17) is 0 Å². The molecular weight excluding hydrogens is 170 g/mol. The Morgan fingerprint density at radius 2 is 2.25 bits per heavy atom. The SMILES string of the molecule is CCN1Cc2ccccc2S1=O. The van der Waals surface area contributed by atoms with Crippen LogP contribution in [0.5, 0.6) is 0 Å². The highest BCUT2D eigenvalue weighted by molar-refractivity contribution is 7.83. The van der Waals surface area contributed by atoms with Crippen LogP contribution in [0.15, 0.2) is 29.2 Å². The molecule has 12 heavy (non-hydrogen) atoms. The van der Waals surface area contributed by atoms with Gasteiger partial charge in [-0.25, -0.2) is 8.51 Å². The molecule has 0 radical (unpaired) electrons. The van der Waals surface area contributed by atoms with E-state index in [0.717, 1.165) is 18.0 Å². The van der Waals surface area contributed by atoms with Crippen LogP contribution in [0.3, 0.4) is 0 Å². The zero-order valence-corrected chi connectivity index (χ0v) is 7.80. The van der Waals surface area contributed by atoms with Gasteiger partial charge < -0.3 is 0 Å². The van der Waals surface area contributed by atoms with Crippen molar-refractivity contribution in [1.82, 2.24) is 4.31 Å². The smallest absolute Gasteiger partial charge is 0.128 e. The molecule has 0 spiro atoms. The third kappa shape index (κ3) is 1.09. The van der Waals surface area contributed by atoms with Gasteiger partial charge in [-0.2, -0.15) is 0 Å². The third-order valence-electron chi connectivity index (χ3n) is 2.09. The Labute approximate surface area is 74.8 Å². The highest BCUT2D eigenvalue weighted by Crippen LogP contribution is 2.25. The maximum Gasteiger partial charge on any atom is 0.128 e. The van der Waals surface area contributed by atoms with Gasteiger partial charge in [0.05, 0.1) is 4.90 Å². The van der Waals surface area contributed by atoms with Crippen molar-refractivity contribution in [2.45, 2.75) is 18.4 Å². The van der Waals surface area contributed by atoms with E-state index >= 15 is 0 Å². The summed E-state index contributed by atoms with van der Waals surface area (Å²) in [5.74, 6) is 0. The molecule has 2 nitrogen and oxygen atoms in total. The van der Waals surface area contributed by atoms with Crippen molar-refractivity contribution in [3.05, 3.63) is 29.8 Å². The van der Waals surface area contributed by atoms with E-state index in [1.165, 1.54) is 5.56 Å². The molecule has 1 aliphatic heterocycles. The highest BCUT2D eigenvalue weighted by atomic mass is 32.2. The van der Waals surface area contributed by atoms with Gasteiger partial charge in [-0.3, -0.25) is 0 Å². The van der Waals surface area contributed by atoms with E-state index in [1.54, 1.807) is 0 Å². The molecule has 0 fully saturated rings. The monoisotopic (exact) mass is 181 g/mol. The Balaban J connectivity index is 2.42. The van der Waals surface area contributed by atoms with Crippen LogP contribution < -0.4 is 0 Å². The summed E-state index contributed by atoms with van der Waals surface area (Å²) in [5.41, 5.74) is 1.21. The Hall–Kier alpha value is -0.670. The second kappa shape index (κ2) is 2.99. The third-order valence-corrected chi connectivity index (χ3v) is 3.73. The van der Waals surface area contributed by atoms with Gasteiger partial charge >= 0.3 is 0 Å². The van der Waals surface area contributed by atoms with Gasteiger partial charge in [0.1, 0.15) is 11.0 Å². The minimum absolute atomic E-state index is 0.833. The molecule has 64 valence electrons. The van der Waals surface area contributed by atoms with E-state index in [0.29, 0.717) is 0 Å². The fourth-order valence-electron chi connectivity index (χ4n) is 1.42. The first-order valence-electron chi connectivity index (χ1n) is 4.07. The summed E-state index contributed by atoms with van der Waals surface area (Å²) >= 11 is 0. The quantitative estimate of drug-likeness (QED) is 0.643. The fourth-order valence-corrected chi connectivity index (χ4v) is 2.74. The number of fused-ring (bicyclic) bond motifs is 1. The normalized spacial score (nSPS) is 22.6. The van der Waals surface area contributed by atoms with Gasteiger partial charge in [0, 0.05) is 13.1 Å². The first-order valence-corrected chi connectivity index (χ1v) is 5.18. The maximum atomic E-state index is 11.7. The van der Waals surface area contributed by atoms with Crippen molar-refractivity contribution < 1.29 is 4.21 Å². The first kappa shape index (κ1) is 7.95. The Morgan fingerprint density at radius 1 is 1.50 bits per heavy atom. The molecule has 0 saturated carbocycles. The van der Waals surface area contributed by atoms with Gasteiger partial charge in [-0.05, 0) is 11.6 Å². The van der Waals surface area contributed by atoms with Crippen molar-refractivity contribution >= 4 is 11.0 Å². The predicted octanol–water partition coefficient (Wildman–Crippen LogP) is 1.54. The van der Waals surface area contributed by atoms with Crippen LogP contribution in [0.25, 0.3) is 0 Å². The van der Waals surface area contributed by atoms with Crippen LogP contribution in [0.4, 0.5) is 0 Å². The second-order valence-electron chi connectivity index (χ2n) is 2.81. The van der Waals surface area contributed by atoms with E-state index in [9.17, 15) is 4.21 Å².